The zero-order chi connectivity index (χ0) is 14.7. The number of hydrogen-bond acceptors (Lipinski definition) is 3. The first kappa shape index (κ1) is 13.1. The molecule has 3 aromatic rings. The predicted octanol–water partition coefficient (Wildman–Crippen LogP) is 1.87. The fourth-order valence-electron chi connectivity index (χ4n) is 2.07. The summed E-state index contributed by atoms with van der Waals surface area (Å²) in [5.41, 5.74) is 1.95. The summed E-state index contributed by atoms with van der Waals surface area (Å²) in [6.45, 7) is 0.479. The Labute approximate surface area is 122 Å². The number of para-hydroxylation sites is 1. The van der Waals surface area contributed by atoms with Crippen LogP contribution in [-0.4, -0.2) is 37.6 Å². The quantitative estimate of drug-likeness (QED) is 0.794. The number of hydrogen-bond donors (Lipinski definition) is 1. The molecule has 0 radical (unpaired) electrons. The van der Waals surface area contributed by atoms with Crippen LogP contribution in [0.3, 0.4) is 0 Å². The molecule has 0 aliphatic carbocycles. The van der Waals surface area contributed by atoms with Crippen LogP contribution in [-0.2, 0) is 6.54 Å². The van der Waals surface area contributed by atoms with Crippen molar-refractivity contribution in [3.8, 4) is 5.69 Å². The number of benzene rings is 1. The number of nitrogens with one attached hydrogen (secondary N) is 1. The molecule has 0 aliphatic heterocycles. The highest BCUT2D eigenvalue weighted by Gasteiger charge is 2.14. The first-order valence-corrected chi connectivity index (χ1v) is 6.58. The first-order chi connectivity index (χ1) is 10.2. The number of aromatic nitrogens is 4. The lowest BCUT2D eigenvalue weighted by Gasteiger charge is -2.14. The highest BCUT2D eigenvalue weighted by molar-refractivity contribution is 5.90. The lowest BCUT2D eigenvalue weighted by molar-refractivity contribution is 0.0774. The number of amides is 1. The summed E-state index contributed by atoms with van der Waals surface area (Å²) in [4.78, 5) is 20.5. The Morgan fingerprint density at radius 1 is 1.33 bits per heavy atom. The molecule has 0 saturated carbocycles. The number of nitrogens with zero attached hydrogens (tertiary/aromatic N) is 4. The molecule has 0 saturated heterocycles. The summed E-state index contributed by atoms with van der Waals surface area (Å²) < 4.78 is 1.79. The molecule has 0 unspecified atom stereocenters. The summed E-state index contributed by atoms with van der Waals surface area (Å²) in [7, 11) is 1.74. The number of aromatic amines is 1. The van der Waals surface area contributed by atoms with Gasteiger partial charge in [-0.3, -0.25) is 4.79 Å². The monoisotopic (exact) mass is 281 g/mol. The van der Waals surface area contributed by atoms with E-state index in [4.69, 9.17) is 0 Å². The Kier molecular flexibility index (Phi) is 3.51. The Morgan fingerprint density at radius 3 is 2.86 bits per heavy atom. The molecule has 0 fully saturated rings. The predicted molar refractivity (Wildman–Crippen MR) is 77.9 cm³/mol. The molecule has 106 valence electrons. The molecule has 0 spiro atoms. The average molecular weight is 281 g/mol. The lowest BCUT2D eigenvalue weighted by Crippen LogP contribution is -2.26. The Morgan fingerprint density at radius 2 is 2.14 bits per heavy atom. The maximum atomic E-state index is 12.1. The van der Waals surface area contributed by atoms with Gasteiger partial charge in [-0.15, -0.1) is 0 Å². The fraction of sp³-hybridized carbons (Fsp3) is 0.133. The van der Waals surface area contributed by atoms with Gasteiger partial charge in [-0.25, -0.2) is 9.67 Å². The summed E-state index contributed by atoms with van der Waals surface area (Å²) in [6, 6.07) is 9.85. The summed E-state index contributed by atoms with van der Waals surface area (Å²) in [5, 5.41) is 4.32. The zero-order valence-electron chi connectivity index (χ0n) is 11.6. The van der Waals surface area contributed by atoms with Crippen molar-refractivity contribution in [1.82, 2.24) is 24.6 Å². The van der Waals surface area contributed by atoms with E-state index in [1.807, 2.05) is 36.5 Å². The summed E-state index contributed by atoms with van der Waals surface area (Å²) >= 11 is 0. The van der Waals surface area contributed by atoms with Gasteiger partial charge in [-0.05, 0) is 12.1 Å². The molecule has 3 rings (SSSR count). The van der Waals surface area contributed by atoms with Gasteiger partial charge in [0.05, 0.1) is 11.9 Å². The van der Waals surface area contributed by atoms with Crippen LogP contribution in [0.25, 0.3) is 5.69 Å². The molecule has 2 heterocycles. The molecule has 6 nitrogen and oxygen atoms in total. The number of H-pyrrole nitrogens is 1. The Balaban J connectivity index is 1.71. The second-order valence-corrected chi connectivity index (χ2v) is 4.73. The van der Waals surface area contributed by atoms with Crippen LogP contribution in [0.15, 0.2) is 55.1 Å². The molecular formula is C15H15N5O. The van der Waals surface area contributed by atoms with E-state index in [9.17, 15) is 4.79 Å². The highest BCUT2D eigenvalue weighted by Crippen LogP contribution is 2.10. The van der Waals surface area contributed by atoms with Crippen LogP contribution in [0.2, 0.25) is 0 Å². The maximum absolute atomic E-state index is 12.1. The first-order valence-electron chi connectivity index (χ1n) is 6.58. The van der Waals surface area contributed by atoms with Crippen molar-refractivity contribution in [3.05, 3.63) is 66.5 Å². The Bertz CT molecular complexity index is 718. The van der Waals surface area contributed by atoms with Gasteiger partial charge in [-0.1, -0.05) is 18.2 Å². The normalized spacial score (nSPS) is 10.5. The Hall–Kier alpha value is -2.89. The van der Waals surface area contributed by atoms with E-state index in [-0.39, 0.29) is 5.91 Å². The molecule has 0 aliphatic rings. The van der Waals surface area contributed by atoms with Gasteiger partial charge in [0.2, 0.25) is 0 Å². The van der Waals surface area contributed by atoms with Crippen LogP contribution >= 0.6 is 0 Å². The molecule has 2 aromatic heterocycles. The number of imidazole rings is 1. The molecule has 1 N–H and O–H groups in total. The zero-order valence-corrected chi connectivity index (χ0v) is 11.6. The van der Waals surface area contributed by atoms with Crippen molar-refractivity contribution in [2.75, 3.05) is 7.05 Å². The maximum Gasteiger partial charge on any atom is 0.289 e. The van der Waals surface area contributed by atoms with E-state index in [0.717, 1.165) is 11.3 Å². The highest BCUT2D eigenvalue weighted by atomic mass is 16.2. The molecule has 0 bridgehead atoms. The van der Waals surface area contributed by atoms with Crippen LogP contribution < -0.4 is 0 Å². The van der Waals surface area contributed by atoms with Gasteiger partial charge >= 0.3 is 0 Å². The van der Waals surface area contributed by atoms with E-state index in [2.05, 4.69) is 15.1 Å². The van der Waals surface area contributed by atoms with Gasteiger partial charge in [0, 0.05) is 37.7 Å². The molecule has 1 aromatic carbocycles. The van der Waals surface area contributed by atoms with Crippen LogP contribution in [0.4, 0.5) is 0 Å². The smallest absolute Gasteiger partial charge is 0.289 e. The van der Waals surface area contributed by atoms with E-state index in [1.54, 1.807) is 35.2 Å². The second kappa shape index (κ2) is 5.62. The SMILES string of the molecule is CN(Cc1cnn(-c2ccccc2)c1)C(=O)c1ncc[nH]1. The molecule has 0 atom stereocenters. The summed E-state index contributed by atoms with van der Waals surface area (Å²) in [5.74, 6) is 0.195. The van der Waals surface area contributed by atoms with Crippen molar-refractivity contribution < 1.29 is 4.79 Å². The molecule has 1 amide bonds. The average Bonchev–Trinajstić information content (AvgIpc) is 3.19. The number of rotatable bonds is 4. The van der Waals surface area contributed by atoms with Crippen molar-refractivity contribution in [1.29, 1.82) is 0 Å². The van der Waals surface area contributed by atoms with Crippen LogP contribution in [0.5, 0.6) is 0 Å². The van der Waals surface area contributed by atoms with E-state index < -0.39 is 0 Å². The fourth-order valence-corrected chi connectivity index (χ4v) is 2.07. The van der Waals surface area contributed by atoms with Crippen molar-refractivity contribution >= 4 is 5.91 Å². The largest absolute Gasteiger partial charge is 0.341 e. The molecule has 21 heavy (non-hydrogen) atoms. The summed E-state index contributed by atoms with van der Waals surface area (Å²) in [6.07, 6.45) is 6.88. The third-order valence-electron chi connectivity index (χ3n) is 3.12. The van der Waals surface area contributed by atoms with E-state index in [1.165, 1.54) is 0 Å². The number of carbonyl (C=O) groups is 1. The van der Waals surface area contributed by atoms with Gasteiger partial charge in [0.15, 0.2) is 5.82 Å². The standard InChI is InChI=1S/C15H15N5O/c1-19(15(21)14-16-7-8-17-14)10-12-9-18-20(11-12)13-5-3-2-4-6-13/h2-9,11H,10H2,1H3,(H,16,17). The second-order valence-electron chi connectivity index (χ2n) is 4.73. The van der Waals surface area contributed by atoms with Crippen molar-refractivity contribution in [3.63, 3.8) is 0 Å². The molecular weight excluding hydrogens is 266 g/mol. The van der Waals surface area contributed by atoms with Crippen molar-refractivity contribution in [2.45, 2.75) is 6.54 Å². The van der Waals surface area contributed by atoms with Crippen LogP contribution in [0, 0.1) is 0 Å². The number of carbonyl (C=O) groups excluding carboxylic acids is 1. The van der Waals surface area contributed by atoms with Gasteiger partial charge < -0.3 is 9.88 Å². The third kappa shape index (κ3) is 2.84. The van der Waals surface area contributed by atoms with Crippen LogP contribution in [0.1, 0.15) is 16.2 Å². The van der Waals surface area contributed by atoms with E-state index >= 15 is 0 Å². The minimum Gasteiger partial charge on any atom is -0.341 e. The van der Waals surface area contributed by atoms with E-state index in [0.29, 0.717) is 12.4 Å². The van der Waals surface area contributed by atoms with Gasteiger partial charge in [0.1, 0.15) is 0 Å². The third-order valence-corrected chi connectivity index (χ3v) is 3.12. The van der Waals surface area contributed by atoms with Gasteiger partial charge in [-0.2, -0.15) is 5.10 Å². The lowest BCUT2D eigenvalue weighted by atomic mass is 10.3. The van der Waals surface area contributed by atoms with Crippen molar-refractivity contribution in [2.24, 2.45) is 0 Å². The molecule has 6 heteroatoms. The van der Waals surface area contributed by atoms with Gasteiger partial charge in [0.25, 0.3) is 5.91 Å². The minimum atomic E-state index is -0.146. The minimum absolute atomic E-state index is 0.146. The topological polar surface area (TPSA) is 66.8 Å².